The number of piperidine rings is 1. The molecule has 1 saturated heterocycles. The average Bonchev–Trinajstić information content (AvgIpc) is 3.21. The van der Waals surface area contributed by atoms with Crippen LogP contribution in [0.2, 0.25) is 0 Å². The van der Waals surface area contributed by atoms with Gasteiger partial charge in [-0.25, -0.2) is 18.4 Å². The number of hydrogen-bond donors (Lipinski definition) is 1. The van der Waals surface area contributed by atoms with E-state index >= 15 is 0 Å². The normalized spacial score (nSPS) is 15.0. The highest BCUT2D eigenvalue weighted by molar-refractivity contribution is 8.00. The van der Waals surface area contributed by atoms with E-state index in [2.05, 4.69) is 20.4 Å². The third kappa shape index (κ3) is 5.12. The van der Waals surface area contributed by atoms with E-state index in [1.807, 2.05) is 0 Å². The fourth-order valence-electron chi connectivity index (χ4n) is 3.69. The van der Waals surface area contributed by atoms with Gasteiger partial charge in [-0.1, -0.05) is 18.2 Å². The number of hydrogen-bond acceptors (Lipinski definition) is 8. The van der Waals surface area contributed by atoms with Crippen molar-refractivity contribution in [2.75, 3.05) is 30.8 Å². The number of benzene rings is 1. The molecule has 1 aliphatic heterocycles. The summed E-state index contributed by atoms with van der Waals surface area (Å²) in [6.07, 6.45) is 5.80. The van der Waals surface area contributed by atoms with E-state index in [0.717, 1.165) is 24.6 Å². The molecule has 2 aromatic heterocycles. The van der Waals surface area contributed by atoms with Crippen LogP contribution in [0.1, 0.15) is 26.2 Å². The molecule has 3 aromatic rings. The Hall–Kier alpha value is -2.70. The Bertz CT molecular complexity index is 1250. The van der Waals surface area contributed by atoms with Crippen LogP contribution in [-0.4, -0.2) is 63.8 Å². The maximum absolute atomic E-state index is 13.3. The van der Waals surface area contributed by atoms with E-state index < -0.39 is 10.0 Å². The van der Waals surface area contributed by atoms with Crippen molar-refractivity contribution in [3.8, 4) is 5.75 Å². The van der Waals surface area contributed by atoms with Crippen molar-refractivity contribution in [3.63, 3.8) is 0 Å². The Morgan fingerprint density at radius 3 is 2.76 bits per heavy atom. The third-order valence-corrected chi connectivity index (χ3v) is 8.22. The predicted molar refractivity (Wildman–Crippen MR) is 126 cm³/mol. The highest BCUT2D eigenvalue weighted by Gasteiger charge is 2.29. The standard InChI is InChI=1S/C21H26N6O4S2/c1-3-31-17-8-7-15(11-18(17)33(29,30)27-9-5-4-6-10-27)25-19(28)13-32-21-16-12-24-26(2)20(16)22-14-23-21/h7-8,11-12,14H,3-6,9-10,13H2,1-2H3,(H,25,28). The number of aromatic nitrogens is 4. The zero-order chi connectivity index (χ0) is 23.4. The Labute approximate surface area is 196 Å². The molecule has 1 amide bonds. The molecule has 176 valence electrons. The molecule has 0 bridgehead atoms. The molecule has 0 radical (unpaired) electrons. The first kappa shape index (κ1) is 23.5. The Morgan fingerprint density at radius 2 is 2.00 bits per heavy atom. The minimum atomic E-state index is -3.72. The highest BCUT2D eigenvalue weighted by atomic mass is 32.2. The Kier molecular flexibility index (Phi) is 7.15. The molecular formula is C21H26N6O4S2. The lowest BCUT2D eigenvalue weighted by Gasteiger charge is -2.27. The van der Waals surface area contributed by atoms with Gasteiger partial charge in [-0.05, 0) is 38.0 Å². The van der Waals surface area contributed by atoms with Crippen molar-refractivity contribution in [1.29, 1.82) is 0 Å². The maximum atomic E-state index is 13.3. The van der Waals surface area contributed by atoms with Crippen LogP contribution in [0.4, 0.5) is 5.69 Å². The van der Waals surface area contributed by atoms with Gasteiger partial charge in [0.15, 0.2) is 5.65 Å². The molecule has 0 saturated carbocycles. The molecule has 33 heavy (non-hydrogen) atoms. The van der Waals surface area contributed by atoms with Crippen molar-refractivity contribution in [2.24, 2.45) is 7.05 Å². The summed E-state index contributed by atoms with van der Waals surface area (Å²) in [4.78, 5) is 21.1. The zero-order valence-electron chi connectivity index (χ0n) is 18.5. The summed E-state index contributed by atoms with van der Waals surface area (Å²) in [5.74, 6) is 0.110. The van der Waals surface area contributed by atoms with Gasteiger partial charge < -0.3 is 10.1 Å². The third-order valence-electron chi connectivity index (χ3n) is 5.29. The summed E-state index contributed by atoms with van der Waals surface area (Å²) in [7, 11) is -1.94. The summed E-state index contributed by atoms with van der Waals surface area (Å²) in [6, 6.07) is 4.71. The van der Waals surface area contributed by atoms with E-state index in [-0.39, 0.29) is 22.3 Å². The van der Waals surface area contributed by atoms with E-state index in [1.165, 1.54) is 28.5 Å². The number of carbonyl (C=O) groups excluding carboxylic acids is 1. The minimum absolute atomic E-state index is 0.0737. The van der Waals surface area contributed by atoms with Crippen LogP contribution >= 0.6 is 11.8 Å². The first-order chi connectivity index (χ1) is 15.9. The number of aryl methyl sites for hydroxylation is 1. The summed E-state index contributed by atoms with van der Waals surface area (Å²) < 4.78 is 35.2. The van der Waals surface area contributed by atoms with Gasteiger partial charge in [-0.15, -0.1) is 0 Å². The van der Waals surface area contributed by atoms with Crippen molar-refractivity contribution in [3.05, 3.63) is 30.7 Å². The molecule has 1 aliphatic rings. The number of ether oxygens (including phenoxy) is 1. The zero-order valence-corrected chi connectivity index (χ0v) is 20.2. The van der Waals surface area contributed by atoms with Gasteiger partial charge >= 0.3 is 0 Å². The fourth-order valence-corrected chi connectivity index (χ4v) is 6.13. The van der Waals surface area contributed by atoms with Crippen LogP contribution < -0.4 is 10.1 Å². The number of fused-ring (bicyclic) bond motifs is 1. The second-order valence-electron chi connectivity index (χ2n) is 7.58. The van der Waals surface area contributed by atoms with Gasteiger partial charge in [-0.3, -0.25) is 9.48 Å². The van der Waals surface area contributed by atoms with Crippen LogP contribution in [-0.2, 0) is 21.9 Å². The topological polar surface area (TPSA) is 119 Å². The van der Waals surface area contributed by atoms with Crippen LogP contribution in [0.15, 0.2) is 40.6 Å². The number of rotatable bonds is 8. The molecule has 12 heteroatoms. The van der Waals surface area contributed by atoms with Crippen LogP contribution in [0.3, 0.4) is 0 Å². The molecule has 10 nitrogen and oxygen atoms in total. The Balaban J connectivity index is 1.50. The lowest BCUT2D eigenvalue weighted by atomic mass is 10.2. The minimum Gasteiger partial charge on any atom is -0.492 e. The summed E-state index contributed by atoms with van der Waals surface area (Å²) in [5.41, 5.74) is 1.08. The summed E-state index contributed by atoms with van der Waals surface area (Å²) >= 11 is 1.27. The second kappa shape index (κ2) is 10.1. The van der Waals surface area contributed by atoms with Crippen LogP contribution in [0.25, 0.3) is 11.0 Å². The summed E-state index contributed by atoms with van der Waals surface area (Å²) in [6.45, 7) is 3.12. The predicted octanol–water partition coefficient (Wildman–Crippen LogP) is 2.67. The van der Waals surface area contributed by atoms with E-state index in [9.17, 15) is 13.2 Å². The van der Waals surface area contributed by atoms with Gasteiger partial charge in [0.1, 0.15) is 22.0 Å². The molecule has 4 rings (SSSR count). The number of anilines is 1. The quantitative estimate of drug-likeness (QED) is 0.378. The molecule has 3 heterocycles. The van der Waals surface area contributed by atoms with Crippen molar-refractivity contribution >= 4 is 44.4 Å². The SMILES string of the molecule is CCOc1ccc(NC(=O)CSc2ncnc3c2cnn3C)cc1S(=O)(=O)N1CCCCC1. The molecule has 1 fully saturated rings. The van der Waals surface area contributed by atoms with Gasteiger partial charge in [0.2, 0.25) is 15.9 Å². The monoisotopic (exact) mass is 490 g/mol. The molecule has 0 spiro atoms. The summed E-state index contributed by atoms with van der Waals surface area (Å²) in [5, 5.41) is 8.39. The second-order valence-corrected chi connectivity index (χ2v) is 10.5. The molecule has 0 atom stereocenters. The molecule has 0 aliphatic carbocycles. The largest absolute Gasteiger partial charge is 0.492 e. The van der Waals surface area contributed by atoms with Gasteiger partial charge in [0.05, 0.1) is 23.9 Å². The number of nitrogens with one attached hydrogen (secondary N) is 1. The number of amides is 1. The molecule has 1 aromatic carbocycles. The number of carbonyl (C=O) groups is 1. The van der Waals surface area contributed by atoms with E-state index in [1.54, 1.807) is 37.0 Å². The van der Waals surface area contributed by atoms with Gasteiger partial charge in [0, 0.05) is 25.8 Å². The van der Waals surface area contributed by atoms with Crippen LogP contribution in [0.5, 0.6) is 5.75 Å². The fraction of sp³-hybridized carbons (Fsp3) is 0.429. The van der Waals surface area contributed by atoms with Gasteiger partial charge in [-0.2, -0.15) is 9.40 Å². The molecule has 0 unspecified atom stereocenters. The van der Waals surface area contributed by atoms with Crippen molar-refractivity contribution < 1.29 is 17.9 Å². The van der Waals surface area contributed by atoms with E-state index in [0.29, 0.717) is 36.1 Å². The number of thioether (sulfide) groups is 1. The van der Waals surface area contributed by atoms with Gasteiger partial charge in [0.25, 0.3) is 0 Å². The lowest BCUT2D eigenvalue weighted by Crippen LogP contribution is -2.35. The first-order valence-electron chi connectivity index (χ1n) is 10.7. The molecular weight excluding hydrogens is 464 g/mol. The lowest BCUT2D eigenvalue weighted by molar-refractivity contribution is -0.113. The van der Waals surface area contributed by atoms with E-state index in [4.69, 9.17) is 4.74 Å². The first-order valence-corrected chi connectivity index (χ1v) is 13.1. The Morgan fingerprint density at radius 1 is 1.21 bits per heavy atom. The average molecular weight is 491 g/mol. The smallest absolute Gasteiger partial charge is 0.246 e. The number of nitrogens with zero attached hydrogens (tertiary/aromatic N) is 5. The molecule has 1 N–H and O–H groups in total. The van der Waals surface area contributed by atoms with Crippen LogP contribution in [0, 0.1) is 0 Å². The van der Waals surface area contributed by atoms with Crippen molar-refractivity contribution in [2.45, 2.75) is 36.1 Å². The van der Waals surface area contributed by atoms with Crippen molar-refractivity contribution in [1.82, 2.24) is 24.1 Å². The number of sulfonamides is 1. The highest BCUT2D eigenvalue weighted by Crippen LogP contribution is 2.32. The maximum Gasteiger partial charge on any atom is 0.246 e.